The Bertz CT molecular complexity index is 1060. The number of aliphatic imine (C=N–C) groups is 1. The maximum absolute atomic E-state index is 13.9. The van der Waals surface area contributed by atoms with Crippen LogP contribution in [0.25, 0.3) is 10.9 Å². The van der Waals surface area contributed by atoms with Gasteiger partial charge in [-0.05, 0) is 61.1 Å². The van der Waals surface area contributed by atoms with Crippen LogP contribution in [-0.4, -0.2) is 44.3 Å². The molecule has 0 amide bonds. The topological polar surface area (TPSA) is 61.4 Å². The highest BCUT2D eigenvalue weighted by molar-refractivity contribution is 14.0. The summed E-state index contributed by atoms with van der Waals surface area (Å²) < 4.78 is 19.5. The van der Waals surface area contributed by atoms with Gasteiger partial charge < -0.3 is 20.4 Å². The standard InChI is InChI=1S/C25H31FN4O.HI/c1-18-6-7-22-19(16-29-23(22)14-18)8-11-28-24(27-2)30-17-25(9-12-31-13-10-25)20-4-3-5-21(26)15-20;/h3-7,14-16,29H,8-13,17H2,1-2H3,(H2,27,28,30);1H. The molecular formula is C25H32FIN4O. The number of aromatic amines is 1. The van der Waals surface area contributed by atoms with Crippen LogP contribution < -0.4 is 10.6 Å². The molecule has 5 nitrogen and oxygen atoms in total. The van der Waals surface area contributed by atoms with Gasteiger partial charge in [-0.3, -0.25) is 4.99 Å². The van der Waals surface area contributed by atoms with E-state index in [2.05, 4.69) is 51.9 Å². The highest BCUT2D eigenvalue weighted by Gasteiger charge is 2.34. The van der Waals surface area contributed by atoms with Gasteiger partial charge >= 0.3 is 0 Å². The molecule has 0 saturated carbocycles. The Morgan fingerprint density at radius 3 is 2.72 bits per heavy atom. The van der Waals surface area contributed by atoms with Crippen LogP contribution in [0.1, 0.15) is 29.5 Å². The van der Waals surface area contributed by atoms with Crippen LogP contribution in [0.15, 0.2) is 53.7 Å². The molecule has 32 heavy (non-hydrogen) atoms. The van der Waals surface area contributed by atoms with Crippen molar-refractivity contribution in [2.75, 3.05) is 33.4 Å². The van der Waals surface area contributed by atoms with E-state index in [0.717, 1.165) is 37.3 Å². The van der Waals surface area contributed by atoms with E-state index in [1.807, 2.05) is 6.07 Å². The van der Waals surface area contributed by atoms with Crippen molar-refractivity contribution in [3.8, 4) is 0 Å². The molecule has 1 aliphatic rings. The molecule has 0 radical (unpaired) electrons. The summed E-state index contributed by atoms with van der Waals surface area (Å²) >= 11 is 0. The zero-order valence-electron chi connectivity index (χ0n) is 18.7. The summed E-state index contributed by atoms with van der Waals surface area (Å²) in [7, 11) is 1.78. The second kappa shape index (κ2) is 11.1. The molecule has 0 bridgehead atoms. The first-order valence-electron chi connectivity index (χ1n) is 10.9. The molecule has 3 aromatic rings. The van der Waals surface area contributed by atoms with Crippen molar-refractivity contribution < 1.29 is 9.13 Å². The molecule has 1 saturated heterocycles. The summed E-state index contributed by atoms with van der Waals surface area (Å²) in [6.45, 7) is 4.93. The van der Waals surface area contributed by atoms with Gasteiger partial charge in [0.2, 0.25) is 0 Å². The minimum atomic E-state index is -0.195. The van der Waals surface area contributed by atoms with E-state index in [9.17, 15) is 4.39 Å². The summed E-state index contributed by atoms with van der Waals surface area (Å²) in [6, 6.07) is 13.5. The van der Waals surface area contributed by atoms with Crippen molar-refractivity contribution in [3.63, 3.8) is 0 Å². The molecule has 0 aliphatic carbocycles. The van der Waals surface area contributed by atoms with Crippen LogP contribution in [0.2, 0.25) is 0 Å². The van der Waals surface area contributed by atoms with Crippen molar-refractivity contribution in [3.05, 3.63) is 71.2 Å². The molecular weight excluding hydrogens is 518 g/mol. The molecule has 1 fully saturated rings. The number of nitrogens with one attached hydrogen (secondary N) is 3. The third-order valence-corrected chi connectivity index (χ3v) is 6.31. The molecule has 0 atom stereocenters. The molecule has 7 heteroatoms. The quantitative estimate of drug-likeness (QED) is 0.237. The largest absolute Gasteiger partial charge is 0.381 e. The van der Waals surface area contributed by atoms with E-state index in [1.54, 1.807) is 19.2 Å². The number of guanidine groups is 1. The molecule has 4 rings (SSSR count). The van der Waals surface area contributed by atoms with Crippen LogP contribution in [0.5, 0.6) is 0 Å². The number of aryl methyl sites for hydroxylation is 1. The summed E-state index contributed by atoms with van der Waals surface area (Å²) in [5.74, 6) is 0.567. The van der Waals surface area contributed by atoms with E-state index in [1.165, 1.54) is 28.1 Å². The smallest absolute Gasteiger partial charge is 0.191 e. The molecule has 2 aromatic carbocycles. The Balaban J connectivity index is 0.00000289. The summed E-state index contributed by atoms with van der Waals surface area (Å²) in [6.07, 6.45) is 4.69. The maximum atomic E-state index is 13.9. The Morgan fingerprint density at radius 2 is 1.97 bits per heavy atom. The predicted molar refractivity (Wildman–Crippen MR) is 140 cm³/mol. The summed E-state index contributed by atoms with van der Waals surface area (Å²) in [5, 5.41) is 8.17. The first-order valence-corrected chi connectivity index (χ1v) is 10.9. The fourth-order valence-corrected chi connectivity index (χ4v) is 4.44. The lowest BCUT2D eigenvalue weighted by molar-refractivity contribution is 0.0513. The molecule has 0 spiro atoms. The van der Waals surface area contributed by atoms with E-state index in [-0.39, 0.29) is 35.2 Å². The minimum absolute atomic E-state index is 0. The van der Waals surface area contributed by atoms with Crippen LogP contribution in [0.3, 0.4) is 0 Å². The monoisotopic (exact) mass is 550 g/mol. The van der Waals surface area contributed by atoms with Crippen molar-refractivity contribution in [2.24, 2.45) is 4.99 Å². The van der Waals surface area contributed by atoms with Gasteiger partial charge in [-0.1, -0.05) is 24.3 Å². The maximum Gasteiger partial charge on any atom is 0.191 e. The highest BCUT2D eigenvalue weighted by atomic mass is 127. The van der Waals surface area contributed by atoms with Crippen molar-refractivity contribution in [2.45, 2.75) is 31.6 Å². The Kier molecular flexibility index (Phi) is 8.53. The number of nitrogens with zero attached hydrogens (tertiary/aromatic N) is 1. The Morgan fingerprint density at radius 1 is 1.16 bits per heavy atom. The van der Waals surface area contributed by atoms with Crippen molar-refractivity contribution >= 4 is 40.8 Å². The predicted octanol–water partition coefficient (Wildman–Crippen LogP) is 4.69. The summed E-state index contributed by atoms with van der Waals surface area (Å²) in [5.41, 5.74) is 4.58. The second-order valence-corrected chi connectivity index (χ2v) is 8.37. The number of ether oxygens (including phenoxy) is 1. The zero-order chi connectivity index (χ0) is 21.7. The number of hydrogen-bond donors (Lipinski definition) is 3. The van der Waals surface area contributed by atoms with Gasteiger partial charge in [0.05, 0.1) is 0 Å². The van der Waals surface area contributed by atoms with Gasteiger partial charge in [0, 0.05) is 55.9 Å². The van der Waals surface area contributed by atoms with E-state index in [4.69, 9.17) is 4.74 Å². The number of hydrogen-bond acceptors (Lipinski definition) is 2. The number of benzene rings is 2. The first-order chi connectivity index (χ1) is 15.1. The van der Waals surface area contributed by atoms with Gasteiger partial charge in [0.1, 0.15) is 5.82 Å². The van der Waals surface area contributed by atoms with E-state index >= 15 is 0 Å². The van der Waals surface area contributed by atoms with Crippen LogP contribution in [-0.2, 0) is 16.6 Å². The number of fused-ring (bicyclic) bond motifs is 1. The summed E-state index contributed by atoms with van der Waals surface area (Å²) in [4.78, 5) is 7.75. The van der Waals surface area contributed by atoms with Crippen molar-refractivity contribution in [1.29, 1.82) is 0 Å². The number of halogens is 2. The second-order valence-electron chi connectivity index (χ2n) is 8.37. The lowest BCUT2D eigenvalue weighted by Crippen LogP contribution is -2.48. The fraction of sp³-hybridized carbons (Fsp3) is 0.400. The molecule has 3 N–H and O–H groups in total. The normalized spacial score (nSPS) is 15.9. The third kappa shape index (κ3) is 5.61. The molecule has 172 valence electrons. The van der Waals surface area contributed by atoms with Gasteiger partial charge in [0.15, 0.2) is 5.96 Å². The van der Waals surface area contributed by atoms with Gasteiger partial charge in [-0.2, -0.15) is 0 Å². The van der Waals surface area contributed by atoms with E-state index in [0.29, 0.717) is 19.8 Å². The number of H-pyrrole nitrogens is 1. The van der Waals surface area contributed by atoms with Gasteiger partial charge in [-0.15, -0.1) is 24.0 Å². The highest BCUT2D eigenvalue weighted by Crippen LogP contribution is 2.34. The average Bonchev–Trinajstić information content (AvgIpc) is 3.18. The minimum Gasteiger partial charge on any atom is -0.381 e. The third-order valence-electron chi connectivity index (χ3n) is 6.31. The SMILES string of the molecule is CN=C(NCCc1c[nH]c2cc(C)ccc12)NCC1(c2cccc(F)c2)CCOCC1.I. The fourth-order valence-electron chi connectivity index (χ4n) is 4.44. The molecule has 1 aliphatic heterocycles. The van der Waals surface area contributed by atoms with Crippen LogP contribution in [0, 0.1) is 12.7 Å². The lowest BCUT2D eigenvalue weighted by Gasteiger charge is -2.38. The van der Waals surface area contributed by atoms with Gasteiger partial charge in [0.25, 0.3) is 0 Å². The molecule has 2 heterocycles. The number of rotatable bonds is 6. The Labute approximate surface area is 206 Å². The van der Waals surface area contributed by atoms with E-state index < -0.39 is 0 Å². The first kappa shape index (κ1) is 24.5. The number of aromatic nitrogens is 1. The van der Waals surface area contributed by atoms with Crippen LogP contribution in [0.4, 0.5) is 4.39 Å². The molecule has 1 aromatic heterocycles. The Hall–Kier alpha value is -2.13. The van der Waals surface area contributed by atoms with Crippen molar-refractivity contribution in [1.82, 2.24) is 15.6 Å². The zero-order valence-corrected chi connectivity index (χ0v) is 21.0. The molecule has 0 unspecified atom stereocenters. The van der Waals surface area contributed by atoms with Crippen LogP contribution >= 0.6 is 24.0 Å². The average molecular weight is 550 g/mol. The van der Waals surface area contributed by atoms with Gasteiger partial charge in [-0.25, -0.2) is 4.39 Å². The lowest BCUT2D eigenvalue weighted by atomic mass is 9.74.